The minimum absolute atomic E-state index is 0.00417. The van der Waals surface area contributed by atoms with Gasteiger partial charge in [-0.2, -0.15) is 42.5 Å². The fraction of sp³-hybridized carbons (Fsp3) is 0.350. The van der Waals surface area contributed by atoms with Crippen LogP contribution in [0.2, 0.25) is 0 Å². The Balaban J connectivity index is 1.39. The highest BCUT2D eigenvalue weighted by atomic mass is 32.2. The first-order valence-corrected chi connectivity index (χ1v) is 25.7. The van der Waals surface area contributed by atoms with Gasteiger partial charge >= 0.3 is 21.9 Å². The Morgan fingerprint density at radius 1 is 0.794 bits per heavy atom. The molecule has 3 aromatic rings. The van der Waals surface area contributed by atoms with E-state index in [0.29, 0.717) is 33.3 Å². The quantitative estimate of drug-likeness (QED) is 0.0201. The number of hydrogen-bond donors (Lipinski definition) is 4. The maximum absolute atomic E-state index is 14.4. The lowest BCUT2D eigenvalue weighted by Crippen LogP contribution is -2.39. The van der Waals surface area contributed by atoms with Crippen LogP contribution in [0.5, 0.6) is 5.75 Å². The minimum atomic E-state index is -5.80. The molecule has 28 heteroatoms. The van der Waals surface area contributed by atoms with Crippen LogP contribution in [-0.2, 0) is 67.5 Å². The zero-order valence-electron chi connectivity index (χ0n) is 36.3. The van der Waals surface area contributed by atoms with Crippen LogP contribution in [0.4, 0.5) is 29.1 Å². The summed E-state index contributed by atoms with van der Waals surface area (Å²) in [7, 11) is -18.1. The average Bonchev–Trinajstić information content (AvgIpc) is 3.59. The van der Waals surface area contributed by atoms with Crippen LogP contribution >= 0.6 is 0 Å². The molecule has 370 valence electrons. The third-order valence-corrected chi connectivity index (χ3v) is 14.0. The molecule has 0 saturated heterocycles. The van der Waals surface area contributed by atoms with Crippen molar-refractivity contribution in [1.29, 1.82) is 0 Å². The number of pyridine rings is 1. The summed E-state index contributed by atoms with van der Waals surface area (Å²) in [6.07, 6.45) is 9.35. The van der Waals surface area contributed by atoms with Crippen molar-refractivity contribution in [3.05, 3.63) is 106 Å². The van der Waals surface area contributed by atoms with Crippen molar-refractivity contribution in [2.24, 2.45) is 4.99 Å². The van der Waals surface area contributed by atoms with Gasteiger partial charge in [-0.15, -0.1) is 0 Å². The van der Waals surface area contributed by atoms with Gasteiger partial charge in [0.25, 0.3) is 36.3 Å². The molecule has 4 N–H and O–H groups in total. The van der Waals surface area contributed by atoms with Crippen LogP contribution in [0.25, 0.3) is 0 Å². The number of aryl methyl sites for hydroxylation is 1. The molecule has 0 aliphatic carbocycles. The second kappa shape index (κ2) is 19.5. The third-order valence-electron chi connectivity index (χ3n) is 10.7. The second-order valence-electron chi connectivity index (χ2n) is 16.2. The Morgan fingerprint density at radius 2 is 1.40 bits per heavy atom. The maximum Gasteiger partial charge on any atom is 0.340 e. The van der Waals surface area contributed by atoms with Crippen molar-refractivity contribution in [2.45, 2.75) is 67.7 Å². The first-order valence-electron chi connectivity index (χ1n) is 19.6. The highest BCUT2D eigenvalue weighted by molar-refractivity contribution is 7.86. The molecular formula is C40H43F4N4O16S4+. The van der Waals surface area contributed by atoms with Gasteiger partial charge in [0.1, 0.15) is 6.20 Å². The normalized spacial score (nSPS) is 16.4. The van der Waals surface area contributed by atoms with E-state index in [1.54, 1.807) is 63.0 Å². The van der Waals surface area contributed by atoms with E-state index in [4.69, 9.17) is 14.4 Å². The Hall–Kier alpha value is -5.46. The van der Waals surface area contributed by atoms with Gasteiger partial charge in [-0.1, -0.05) is 32.1 Å². The number of carbonyl (C=O) groups excluding carboxylic acids is 2. The highest BCUT2D eigenvalue weighted by Gasteiger charge is 2.44. The lowest BCUT2D eigenvalue weighted by molar-refractivity contribution is -0.684. The van der Waals surface area contributed by atoms with Crippen molar-refractivity contribution < 1.29 is 93.2 Å². The minimum Gasteiger partial charge on any atom is -0.418 e. The second-order valence-corrected chi connectivity index (χ2v) is 22.2. The molecule has 68 heavy (non-hydrogen) atoms. The summed E-state index contributed by atoms with van der Waals surface area (Å²) in [4.78, 5) is 34.9. The number of anilines is 1. The molecular weight excluding hydrogens is 997 g/mol. The number of ether oxygens (including phenoxy) is 1. The van der Waals surface area contributed by atoms with Gasteiger partial charge in [-0.05, 0) is 67.2 Å². The number of allylic oxidation sites excluding steroid dienone is 6. The number of esters is 1. The molecule has 0 saturated carbocycles. The van der Waals surface area contributed by atoms with E-state index in [-0.39, 0.29) is 42.2 Å². The molecule has 2 aromatic carbocycles. The number of nitrogens with zero attached hydrogens (tertiary/aromatic N) is 4. The molecule has 20 nitrogen and oxygen atoms in total. The summed E-state index contributed by atoms with van der Waals surface area (Å²) < 4.78 is 193. The number of aromatic nitrogens is 1. The number of carbonyl (C=O) groups is 2. The maximum atomic E-state index is 14.4. The molecule has 5 rings (SSSR count). The predicted molar refractivity (Wildman–Crippen MR) is 232 cm³/mol. The summed E-state index contributed by atoms with van der Waals surface area (Å²) in [5.41, 5.74) is 0.545. The molecule has 0 radical (unpaired) electrons. The van der Waals surface area contributed by atoms with Crippen molar-refractivity contribution >= 4 is 69.6 Å². The Labute approximate surface area is 387 Å². The van der Waals surface area contributed by atoms with Crippen LogP contribution in [0, 0.1) is 23.3 Å². The van der Waals surface area contributed by atoms with Crippen LogP contribution in [0.3, 0.4) is 0 Å². The topological polar surface area (TPSA) is 293 Å². The van der Waals surface area contributed by atoms with Crippen molar-refractivity contribution in [2.75, 3.05) is 36.6 Å². The molecule has 2 aliphatic rings. The van der Waals surface area contributed by atoms with Gasteiger partial charge in [0.2, 0.25) is 17.4 Å². The number of halogens is 4. The fourth-order valence-corrected chi connectivity index (χ4v) is 9.45. The number of hydrogen-bond acceptors (Lipinski definition) is 14. The summed E-state index contributed by atoms with van der Waals surface area (Å²) >= 11 is 0. The zero-order chi connectivity index (χ0) is 51.1. The van der Waals surface area contributed by atoms with E-state index in [1.165, 1.54) is 35.0 Å². The molecule has 2 aliphatic heterocycles. The summed E-state index contributed by atoms with van der Waals surface area (Å²) in [5, 5.41) is 0.483. The number of rotatable bonds is 18. The smallest absolute Gasteiger partial charge is 0.340 e. The fourth-order valence-electron chi connectivity index (χ4n) is 7.33. The van der Waals surface area contributed by atoms with Gasteiger partial charge in [0.15, 0.2) is 28.8 Å². The van der Waals surface area contributed by atoms with Crippen molar-refractivity contribution in [3.63, 3.8) is 0 Å². The van der Waals surface area contributed by atoms with E-state index in [9.17, 15) is 74.5 Å². The molecule has 3 heterocycles. The van der Waals surface area contributed by atoms with Gasteiger partial charge in [-0.3, -0.25) is 27.8 Å². The van der Waals surface area contributed by atoms with E-state index in [2.05, 4.69) is 4.74 Å². The molecule has 0 spiro atoms. The Kier molecular flexibility index (Phi) is 15.3. The molecule has 1 amide bonds. The Morgan fingerprint density at radius 3 is 1.97 bits per heavy atom. The summed E-state index contributed by atoms with van der Waals surface area (Å²) in [6, 6.07) is 5.42. The first-order chi connectivity index (χ1) is 31.2. The molecule has 0 bridgehead atoms. The lowest BCUT2D eigenvalue weighted by atomic mass is 9.81. The van der Waals surface area contributed by atoms with Gasteiger partial charge in [0, 0.05) is 36.8 Å². The van der Waals surface area contributed by atoms with Gasteiger partial charge < -0.3 is 9.64 Å². The zero-order valence-corrected chi connectivity index (χ0v) is 39.6. The molecule has 0 atom stereocenters. The summed E-state index contributed by atoms with van der Waals surface area (Å²) in [6.45, 7) is 5.76. The molecule has 1 aromatic heterocycles. The number of amides is 1. The van der Waals surface area contributed by atoms with Gasteiger partial charge in [-0.25, -0.2) is 23.2 Å². The van der Waals surface area contributed by atoms with Crippen LogP contribution in [-0.4, -0.2) is 106 Å². The number of hydroxylamine groups is 2. The monoisotopic (exact) mass is 1040 g/mol. The third kappa shape index (κ3) is 11.9. The SMILES string of the molecule is CN(OCC(=O)Oc1c(F)c(F)c(S(=O)(=O)O)c(F)c1F)C(=O)c1cc2c([n+](CCCS(=O)(=O)O)c1)N=C(/C=C/C=C/C=C1/N(CCCS(=O)(=O)O)c3ccc(S(=O)(=O)O)cc3C1(C)C)C2(C)C. The highest BCUT2D eigenvalue weighted by Crippen LogP contribution is 2.48. The largest absolute Gasteiger partial charge is 0.418 e. The number of aliphatic imine (C=N–C) groups is 1. The average molecular weight is 1040 g/mol. The Bertz CT molecular complexity index is 3150. The van der Waals surface area contributed by atoms with E-state index < -0.39 is 115 Å². The molecule has 0 unspecified atom stereocenters. The lowest BCUT2D eigenvalue weighted by Gasteiger charge is -2.27. The van der Waals surface area contributed by atoms with Crippen LogP contribution in [0.15, 0.2) is 81.3 Å². The van der Waals surface area contributed by atoms with Crippen molar-refractivity contribution in [3.8, 4) is 5.75 Å². The predicted octanol–water partition coefficient (Wildman–Crippen LogP) is 4.35. The number of fused-ring (bicyclic) bond motifs is 2. The van der Waals surface area contributed by atoms with E-state index in [1.807, 2.05) is 0 Å². The van der Waals surface area contributed by atoms with Crippen molar-refractivity contribution in [1.82, 2.24) is 5.06 Å². The van der Waals surface area contributed by atoms with Gasteiger partial charge in [0.05, 0.1) is 39.5 Å². The number of benzene rings is 2. The van der Waals surface area contributed by atoms with E-state index >= 15 is 0 Å². The van der Waals surface area contributed by atoms with Crippen LogP contribution in [0.1, 0.15) is 62.0 Å². The van der Waals surface area contributed by atoms with Crippen LogP contribution < -0.4 is 14.2 Å². The summed E-state index contributed by atoms with van der Waals surface area (Å²) in [5.74, 6) is -15.8. The molecule has 0 fully saturated rings. The van der Waals surface area contributed by atoms with E-state index in [0.717, 1.165) is 7.05 Å². The standard InChI is InChI=1S/C40H42F4N4O16S4/c1-39(2)26-19-23(38(50)46(5)63-22-30(49)64-35-31(41)33(43)36(68(60,61)62)34(44)32(35)42)21-47(15-9-17-65(51,52)53)37(26)45-28(39)11-7-6-8-12-29-40(3,4)25-20-24(67(57,58)59)13-14-27(25)48(29)16-10-18-66(54,55)56/h6-8,11-14,19-21H,9-10,15-18,22H2,1-5H3,(H3-,51,52,53,54,55,56,57,58,59,60,61,62)/p+1. The first kappa shape index (κ1) is 53.5.